The van der Waals surface area contributed by atoms with Crippen LogP contribution in [-0.4, -0.2) is 45.2 Å². The third-order valence-corrected chi connectivity index (χ3v) is 5.65. The zero-order chi connectivity index (χ0) is 21.7. The Hall–Kier alpha value is -2.73. The van der Waals surface area contributed by atoms with Gasteiger partial charge in [0.2, 0.25) is 5.91 Å². The molecule has 162 valence electrons. The lowest BCUT2D eigenvalue weighted by Gasteiger charge is -2.38. The van der Waals surface area contributed by atoms with E-state index in [4.69, 9.17) is 14.2 Å². The van der Waals surface area contributed by atoms with Crippen LogP contribution in [0.4, 0.5) is 0 Å². The monoisotopic (exact) mass is 412 g/mol. The third kappa shape index (κ3) is 4.87. The fraction of sp³-hybridized carbons (Fsp3) is 0.458. The molecule has 1 amide bonds. The maximum Gasteiger partial charge on any atom is 0.222 e. The van der Waals surface area contributed by atoms with Crippen LogP contribution in [0.5, 0.6) is 17.2 Å². The Morgan fingerprint density at radius 1 is 1.07 bits per heavy atom. The van der Waals surface area contributed by atoms with Crippen molar-refractivity contribution in [1.29, 1.82) is 0 Å². The van der Waals surface area contributed by atoms with Crippen molar-refractivity contribution in [3.8, 4) is 17.2 Å². The van der Waals surface area contributed by atoms with Gasteiger partial charge < -0.3 is 19.5 Å². The number of carbonyl (C=O) groups excluding carboxylic acids is 1. The molecule has 1 aliphatic heterocycles. The fourth-order valence-electron chi connectivity index (χ4n) is 3.88. The predicted octanol–water partition coefficient (Wildman–Crippen LogP) is 3.58. The average molecular weight is 413 g/mol. The molecule has 0 spiro atoms. The Balaban J connectivity index is 1.90. The van der Waals surface area contributed by atoms with Crippen molar-refractivity contribution in [1.82, 2.24) is 10.2 Å². The van der Waals surface area contributed by atoms with Gasteiger partial charge in [0, 0.05) is 25.6 Å². The summed E-state index contributed by atoms with van der Waals surface area (Å²) in [6.45, 7) is 6.06. The summed E-state index contributed by atoms with van der Waals surface area (Å²) in [5.41, 5.74) is 3.62. The highest BCUT2D eigenvalue weighted by Crippen LogP contribution is 2.38. The number of hydrogen-bond acceptors (Lipinski definition) is 5. The number of nitrogens with zero attached hydrogens (tertiary/aromatic N) is 1. The number of amides is 1. The molecular weight excluding hydrogens is 380 g/mol. The number of nitrogens with one attached hydrogen (secondary N) is 1. The van der Waals surface area contributed by atoms with Crippen molar-refractivity contribution in [3.05, 3.63) is 53.1 Å². The van der Waals surface area contributed by atoms with Gasteiger partial charge in [-0.3, -0.25) is 9.69 Å². The Kier molecular flexibility index (Phi) is 7.21. The second kappa shape index (κ2) is 9.85. The second-order valence-corrected chi connectivity index (χ2v) is 7.89. The van der Waals surface area contributed by atoms with Crippen LogP contribution in [0.2, 0.25) is 0 Å². The van der Waals surface area contributed by atoms with Gasteiger partial charge in [0.1, 0.15) is 5.75 Å². The highest BCUT2D eigenvalue weighted by Gasteiger charge is 2.29. The number of hydrogen-bond donors (Lipinski definition) is 1. The summed E-state index contributed by atoms with van der Waals surface area (Å²) in [7, 11) is 4.98. The average Bonchev–Trinajstić information content (AvgIpc) is 2.77. The van der Waals surface area contributed by atoms with Gasteiger partial charge in [-0.1, -0.05) is 26.0 Å². The number of carbonyl (C=O) groups is 1. The van der Waals surface area contributed by atoms with E-state index in [1.54, 1.807) is 21.3 Å². The molecule has 30 heavy (non-hydrogen) atoms. The van der Waals surface area contributed by atoms with Crippen molar-refractivity contribution >= 4 is 5.91 Å². The van der Waals surface area contributed by atoms with E-state index in [1.807, 2.05) is 26.0 Å². The minimum atomic E-state index is -0.0477. The van der Waals surface area contributed by atoms with Crippen molar-refractivity contribution in [2.45, 2.75) is 32.9 Å². The van der Waals surface area contributed by atoms with E-state index in [0.717, 1.165) is 31.0 Å². The van der Waals surface area contributed by atoms with E-state index < -0.39 is 0 Å². The standard InChI is InChI=1S/C24H32N2O4/c1-16(2)24(27)25-14-21-20-13-23(30-5)22(29-4)12-18(20)10-11-26(21)15-17-6-8-19(28-3)9-7-17/h6-9,12-13,16,21H,10-11,14-15H2,1-5H3,(H,25,27)/t21-/m0/s1. The summed E-state index contributed by atoms with van der Waals surface area (Å²) in [4.78, 5) is 14.7. The van der Waals surface area contributed by atoms with Gasteiger partial charge in [0.25, 0.3) is 0 Å². The van der Waals surface area contributed by atoms with Gasteiger partial charge in [-0.2, -0.15) is 0 Å². The first-order valence-electron chi connectivity index (χ1n) is 10.4. The first-order valence-corrected chi connectivity index (χ1v) is 10.4. The third-order valence-electron chi connectivity index (χ3n) is 5.65. The molecule has 0 aliphatic carbocycles. The zero-order valence-electron chi connectivity index (χ0n) is 18.5. The van der Waals surface area contributed by atoms with E-state index in [1.165, 1.54) is 16.7 Å². The maximum atomic E-state index is 12.3. The Morgan fingerprint density at radius 2 is 1.73 bits per heavy atom. The molecule has 1 N–H and O–H groups in total. The van der Waals surface area contributed by atoms with Crippen molar-refractivity contribution < 1.29 is 19.0 Å². The first-order chi connectivity index (χ1) is 14.5. The molecule has 1 atom stereocenters. The van der Waals surface area contributed by atoms with Crippen molar-refractivity contribution in [2.24, 2.45) is 5.92 Å². The van der Waals surface area contributed by atoms with Crippen LogP contribution >= 0.6 is 0 Å². The van der Waals surface area contributed by atoms with E-state index in [9.17, 15) is 4.79 Å². The number of fused-ring (bicyclic) bond motifs is 1. The van der Waals surface area contributed by atoms with Crippen molar-refractivity contribution in [2.75, 3.05) is 34.4 Å². The molecule has 1 aliphatic rings. The molecular formula is C24H32N2O4. The SMILES string of the molecule is COc1ccc(CN2CCc3cc(OC)c(OC)cc3[C@@H]2CNC(=O)C(C)C)cc1. The summed E-state index contributed by atoms with van der Waals surface area (Å²) in [5, 5.41) is 3.12. The smallest absolute Gasteiger partial charge is 0.222 e. The highest BCUT2D eigenvalue weighted by atomic mass is 16.5. The molecule has 0 unspecified atom stereocenters. The van der Waals surface area contributed by atoms with E-state index in [-0.39, 0.29) is 17.9 Å². The topological polar surface area (TPSA) is 60.0 Å². The summed E-state index contributed by atoms with van der Waals surface area (Å²) >= 11 is 0. The fourth-order valence-corrected chi connectivity index (χ4v) is 3.88. The molecule has 3 rings (SSSR count). The lowest BCUT2D eigenvalue weighted by Crippen LogP contribution is -2.42. The molecule has 0 saturated heterocycles. The van der Waals surface area contributed by atoms with Crippen LogP contribution in [0.25, 0.3) is 0 Å². The second-order valence-electron chi connectivity index (χ2n) is 7.89. The van der Waals surface area contributed by atoms with Gasteiger partial charge in [-0.15, -0.1) is 0 Å². The molecule has 0 bridgehead atoms. The molecule has 0 saturated carbocycles. The van der Waals surface area contributed by atoms with Crippen LogP contribution < -0.4 is 19.5 Å². The van der Waals surface area contributed by atoms with Crippen molar-refractivity contribution in [3.63, 3.8) is 0 Å². The normalized spacial score (nSPS) is 16.1. The van der Waals surface area contributed by atoms with Gasteiger partial charge in [0.05, 0.1) is 27.4 Å². The number of rotatable bonds is 8. The Morgan fingerprint density at radius 3 is 2.33 bits per heavy atom. The van der Waals surface area contributed by atoms with Crippen LogP contribution in [0, 0.1) is 5.92 Å². The lowest BCUT2D eigenvalue weighted by atomic mass is 9.91. The zero-order valence-corrected chi connectivity index (χ0v) is 18.5. The Labute approximate surface area is 179 Å². The van der Waals surface area contributed by atoms with E-state index >= 15 is 0 Å². The van der Waals surface area contributed by atoms with Crippen LogP contribution in [0.15, 0.2) is 36.4 Å². The quantitative estimate of drug-likeness (QED) is 0.718. The van der Waals surface area contributed by atoms with Gasteiger partial charge >= 0.3 is 0 Å². The van der Waals surface area contributed by atoms with Gasteiger partial charge in [-0.05, 0) is 47.4 Å². The summed E-state index contributed by atoms with van der Waals surface area (Å²) in [6, 6.07) is 12.3. The van der Waals surface area contributed by atoms with Gasteiger partial charge in [-0.25, -0.2) is 0 Å². The van der Waals surface area contributed by atoms with Crippen LogP contribution in [0.1, 0.15) is 36.6 Å². The molecule has 6 nitrogen and oxygen atoms in total. The highest BCUT2D eigenvalue weighted by molar-refractivity contribution is 5.77. The van der Waals surface area contributed by atoms with E-state index in [2.05, 4.69) is 34.5 Å². The lowest BCUT2D eigenvalue weighted by molar-refractivity contribution is -0.124. The van der Waals surface area contributed by atoms with Crippen LogP contribution in [-0.2, 0) is 17.8 Å². The van der Waals surface area contributed by atoms with Gasteiger partial charge in [0.15, 0.2) is 11.5 Å². The predicted molar refractivity (Wildman–Crippen MR) is 117 cm³/mol. The summed E-state index contributed by atoms with van der Waals surface area (Å²) in [5.74, 6) is 2.31. The molecule has 6 heteroatoms. The number of ether oxygens (including phenoxy) is 3. The minimum absolute atomic E-state index is 0.0477. The summed E-state index contributed by atoms with van der Waals surface area (Å²) in [6.07, 6.45) is 0.917. The molecule has 0 aromatic heterocycles. The Bertz CT molecular complexity index is 864. The van der Waals surface area contributed by atoms with Crippen LogP contribution in [0.3, 0.4) is 0 Å². The number of benzene rings is 2. The largest absolute Gasteiger partial charge is 0.497 e. The molecule has 0 radical (unpaired) electrons. The van der Waals surface area contributed by atoms with E-state index in [0.29, 0.717) is 12.3 Å². The number of methoxy groups -OCH3 is 3. The first kappa shape index (κ1) is 22.0. The summed E-state index contributed by atoms with van der Waals surface area (Å²) < 4.78 is 16.3. The molecule has 2 aromatic rings. The molecule has 1 heterocycles. The molecule has 2 aromatic carbocycles. The maximum absolute atomic E-state index is 12.3. The molecule has 0 fully saturated rings. The minimum Gasteiger partial charge on any atom is -0.497 e.